The maximum atomic E-state index is 9.09. The maximum absolute atomic E-state index is 9.09. The monoisotopic (exact) mass is 302 g/mol. The summed E-state index contributed by atoms with van der Waals surface area (Å²) in [4.78, 5) is 6.37. The van der Waals surface area contributed by atoms with E-state index in [4.69, 9.17) is 26.2 Å². The van der Waals surface area contributed by atoms with Crippen molar-refractivity contribution in [2.45, 2.75) is 20.5 Å². The first-order valence-corrected chi connectivity index (χ1v) is 7.26. The first-order valence-electron chi connectivity index (χ1n) is 6.88. The van der Waals surface area contributed by atoms with Gasteiger partial charge in [0.2, 0.25) is 0 Å². The Kier molecular flexibility index (Phi) is 8.53. The van der Waals surface area contributed by atoms with Crippen molar-refractivity contribution in [3.05, 3.63) is 22.8 Å². The second kappa shape index (κ2) is 9.94. The van der Waals surface area contributed by atoms with Crippen LogP contribution in [0.3, 0.4) is 0 Å². The van der Waals surface area contributed by atoms with Gasteiger partial charge in [-0.15, -0.1) is 0 Å². The molecule has 0 aliphatic carbocycles. The number of anilines is 1. The van der Waals surface area contributed by atoms with Crippen molar-refractivity contribution in [1.82, 2.24) is 4.98 Å². The Hall–Kier alpha value is -0.880. The SMILES string of the molecule is CCOCCN(CCOCC)c1ncc(CO)cc1Cl. The number of hydrogen-bond donors (Lipinski definition) is 1. The lowest BCUT2D eigenvalue weighted by molar-refractivity contribution is 0.141. The van der Waals surface area contributed by atoms with Crippen LogP contribution in [0.4, 0.5) is 5.82 Å². The molecule has 20 heavy (non-hydrogen) atoms. The third-order valence-electron chi connectivity index (χ3n) is 2.78. The zero-order valence-corrected chi connectivity index (χ0v) is 12.9. The van der Waals surface area contributed by atoms with Crippen molar-refractivity contribution in [3.63, 3.8) is 0 Å². The summed E-state index contributed by atoms with van der Waals surface area (Å²) in [6.07, 6.45) is 1.63. The Bertz CT molecular complexity index is 381. The molecule has 0 amide bonds. The van der Waals surface area contributed by atoms with Crippen LogP contribution in [0.15, 0.2) is 12.3 Å². The van der Waals surface area contributed by atoms with E-state index in [1.54, 1.807) is 12.3 Å². The molecule has 1 heterocycles. The topological polar surface area (TPSA) is 54.8 Å². The molecule has 0 saturated heterocycles. The third kappa shape index (κ3) is 5.63. The van der Waals surface area contributed by atoms with E-state index >= 15 is 0 Å². The van der Waals surface area contributed by atoms with Gasteiger partial charge in [0.15, 0.2) is 0 Å². The molecule has 0 fully saturated rings. The molecule has 0 bridgehead atoms. The fraction of sp³-hybridized carbons (Fsp3) is 0.643. The quantitative estimate of drug-likeness (QED) is 0.671. The highest BCUT2D eigenvalue weighted by Crippen LogP contribution is 2.24. The predicted molar refractivity (Wildman–Crippen MR) is 80.4 cm³/mol. The number of nitrogens with zero attached hydrogens (tertiary/aromatic N) is 2. The summed E-state index contributed by atoms with van der Waals surface area (Å²) in [7, 11) is 0. The molecular weight excluding hydrogens is 280 g/mol. The van der Waals surface area contributed by atoms with Crippen LogP contribution < -0.4 is 4.90 Å². The summed E-state index contributed by atoms with van der Waals surface area (Å²) < 4.78 is 10.8. The minimum atomic E-state index is -0.0646. The number of hydrogen-bond acceptors (Lipinski definition) is 5. The molecule has 6 heteroatoms. The van der Waals surface area contributed by atoms with Crippen molar-refractivity contribution in [2.75, 3.05) is 44.4 Å². The molecule has 0 aromatic carbocycles. The van der Waals surface area contributed by atoms with Gasteiger partial charge in [0.05, 0.1) is 24.8 Å². The Balaban J connectivity index is 2.73. The molecule has 0 spiro atoms. The van der Waals surface area contributed by atoms with Gasteiger partial charge in [0.25, 0.3) is 0 Å². The molecule has 0 radical (unpaired) electrons. The highest BCUT2D eigenvalue weighted by molar-refractivity contribution is 6.33. The first kappa shape index (κ1) is 17.2. The van der Waals surface area contributed by atoms with Gasteiger partial charge in [0.1, 0.15) is 5.82 Å². The molecule has 0 saturated carbocycles. The van der Waals surface area contributed by atoms with E-state index in [0.29, 0.717) is 55.9 Å². The van der Waals surface area contributed by atoms with Crippen LogP contribution in [0, 0.1) is 0 Å². The molecule has 1 aromatic heterocycles. The van der Waals surface area contributed by atoms with Crippen molar-refractivity contribution < 1.29 is 14.6 Å². The van der Waals surface area contributed by atoms with Crippen molar-refractivity contribution in [2.24, 2.45) is 0 Å². The van der Waals surface area contributed by atoms with E-state index in [1.165, 1.54) is 0 Å². The lowest BCUT2D eigenvalue weighted by atomic mass is 10.3. The largest absolute Gasteiger partial charge is 0.392 e. The number of ether oxygens (including phenoxy) is 2. The molecule has 1 aromatic rings. The summed E-state index contributed by atoms with van der Waals surface area (Å²) in [6, 6.07) is 1.73. The first-order chi connectivity index (χ1) is 9.72. The number of halogens is 1. The van der Waals surface area contributed by atoms with Crippen LogP contribution in [0.1, 0.15) is 19.4 Å². The van der Waals surface area contributed by atoms with Gasteiger partial charge < -0.3 is 19.5 Å². The zero-order valence-electron chi connectivity index (χ0n) is 12.1. The second-order valence-electron chi connectivity index (χ2n) is 4.19. The highest BCUT2D eigenvalue weighted by atomic mass is 35.5. The Morgan fingerprint density at radius 3 is 2.25 bits per heavy atom. The van der Waals surface area contributed by atoms with Crippen LogP contribution >= 0.6 is 11.6 Å². The van der Waals surface area contributed by atoms with Crippen LogP contribution in [0.2, 0.25) is 5.02 Å². The van der Waals surface area contributed by atoms with E-state index in [9.17, 15) is 0 Å². The summed E-state index contributed by atoms with van der Waals surface area (Å²) in [5, 5.41) is 9.62. The van der Waals surface area contributed by atoms with Gasteiger partial charge >= 0.3 is 0 Å². The van der Waals surface area contributed by atoms with Crippen LogP contribution in [-0.4, -0.2) is 49.6 Å². The molecule has 0 unspecified atom stereocenters. The van der Waals surface area contributed by atoms with Crippen molar-refractivity contribution in [1.29, 1.82) is 0 Å². The predicted octanol–water partition coefficient (Wildman–Crippen LogP) is 2.11. The van der Waals surface area contributed by atoms with E-state index in [2.05, 4.69) is 4.98 Å². The number of aromatic nitrogens is 1. The normalized spacial score (nSPS) is 10.8. The molecule has 0 aliphatic rings. The summed E-state index contributed by atoms with van der Waals surface area (Å²) >= 11 is 6.23. The van der Waals surface area contributed by atoms with Gasteiger partial charge in [-0.05, 0) is 25.5 Å². The Morgan fingerprint density at radius 2 is 1.80 bits per heavy atom. The molecular formula is C14H23ClN2O3. The van der Waals surface area contributed by atoms with Crippen LogP contribution in [0.25, 0.3) is 0 Å². The van der Waals surface area contributed by atoms with E-state index in [0.717, 1.165) is 0 Å². The summed E-state index contributed by atoms with van der Waals surface area (Å²) in [6.45, 7) is 7.86. The molecule has 1 rings (SSSR count). The molecule has 114 valence electrons. The molecule has 0 atom stereocenters. The smallest absolute Gasteiger partial charge is 0.147 e. The number of aliphatic hydroxyl groups excluding tert-OH is 1. The van der Waals surface area contributed by atoms with Gasteiger partial charge in [-0.1, -0.05) is 11.6 Å². The minimum Gasteiger partial charge on any atom is -0.392 e. The van der Waals surface area contributed by atoms with Gasteiger partial charge in [-0.25, -0.2) is 4.98 Å². The standard InChI is InChI=1S/C14H23ClN2O3/c1-3-19-7-5-17(6-8-20-4-2)14-13(15)9-12(11-18)10-16-14/h9-10,18H,3-8,11H2,1-2H3. The Labute approximate surface area is 125 Å². The number of aliphatic hydroxyl groups is 1. The van der Waals surface area contributed by atoms with Crippen LogP contribution in [0.5, 0.6) is 0 Å². The lowest BCUT2D eigenvalue weighted by Gasteiger charge is -2.24. The average molecular weight is 303 g/mol. The minimum absolute atomic E-state index is 0.0646. The fourth-order valence-electron chi connectivity index (χ4n) is 1.75. The summed E-state index contributed by atoms with van der Waals surface area (Å²) in [5.74, 6) is 0.697. The fourth-order valence-corrected chi connectivity index (χ4v) is 2.06. The molecule has 0 aliphatic heterocycles. The van der Waals surface area contributed by atoms with E-state index in [1.807, 2.05) is 18.7 Å². The second-order valence-corrected chi connectivity index (χ2v) is 4.60. The van der Waals surface area contributed by atoms with E-state index in [-0.39, 0.29) is 6.61 Å². The lowest BCUT2D eigenvalue weighted by Crippen LogP contribution is -2.32. The average Bonchev–Trinajstić information content (AvgIpc) is 2.46. The van der Waals surface area contributed by atoms with E-state index < -0.39 is 0 Å². The molecule has 1 N–H and O–H groups in total. The Morgan fingerprint density at radius 1 is 1.20 bits per heavy atom. The van der Waals surface area contributed by atoms with Crippen LogP contribution in [-0.2, 0) is 16.1 Å². The van der Waals surface area contributed by atoms with Crippen molar-refractivity contribution >= 4 is 17.4 Å². The van der Waals surface area contributed by atoms with Gasteiger partial charge in [-0.2, -0.15) is 0 Å². The highest BCUT2D eigenvalue weighted by Gasteiger charge is 2.12. The maximum Gasteiger partial charge on any atom is 0.147 e. The third-order valence-corrected chi connectivity index (χ3v) is 3.06. The summed E-state index contributed by atoms with van der Waals surface area (Å²) in [5.41, 5.74) is 0.702. The zero-order chi connectivity index (χ0) is 14.8. The number of pyridine rings is 1. The number of rotatable bonds is 10. The molecule has 5 nitrogen and oxygen atoms in total. The van der Waals surface area contributed by atoms with Gasteiger partial charge in [-0.3, -0.25) is 0 Å². The van der Waals surface area contributed by atoms with Gasteiger partial charge in [0, 0.05) is 32.5 Å². The van der Waals surface area contributed by atoms with Crippen molar-refractivity contribution in [3.8, 4) is 0 Å².